The molecule has 0 spiro atoms. The average Bonchev–Trinajstić information content (AvgIpc) is 2.76. The number of allylic oxidation sites excluding steroid dienone is 3. The minimum absolute atomic E-state index is 0.180. The van der Waals surface area contributed by atoms with Crippen LogP contribution in [0.15, 0.2) is 62.4 Å². The van der Waals surface area contributed by atoms with Crippen molar-refractivity contribution >= 4 is 61.5 Å². The van der Waals surface area contributed by atoms with Gasteiger partial charge in [-0.25, -0.2) is 9.97 Å². The van der Waals surface area contributed by atoms with E-state index in [2.05, 4.69) is 85.3 Å². The van der Waals surface area contributed by atoms with E-state index in [9.17, 15) is 0 Å². The van der Waals surface area contributed by atoms with Gasteiger partial charge in [0.25, 0.3) is 0 Å². The lowest BCUT2D eigenvalue weighted by Crippen LogP contribution is -2.20. The molecule has 0 amide bonds. The lowest BCUT2D eigenvalue weighted by Gasteiger charge is -2.20. The first-order valence-corrected chi connectivity index (χ1v) is 12.5. The number of aromatic nitrogens is 2. The number of aryl methyl sites for hydroxylation is 1. The molecule has 7 heteroatoms. The molecule has 0 aliphatic heterocycles. The van der Waals surface area contributed by atoms with Crippen molar-refractivity contribution in [1.82, 2.24) is 9.97 Å². The predicted octanol–water partition coefficient (Wildman–Crippen LogP) is 8.14. The molecule has 2 N–H and O–H groups in total. The molecule has 1 aliphatic carbocycles. The Labute approximate surface area is 201 Å². The minimum atomic E-state index is 0.180. The van der Waals surface area contributed by atoms with Crippen molar-refractivity contribution in [2.24, 2.45) is 0 Å². The van der Waals surface area contributed by atoms with Gasteiger partial charge in [0, 0.05) is 19.9 Å². The summed E-state index contributed by atoms with van der Waals surface area (Å²) in [6.07, 6.45) is 12.3. The second-order valence-corrected chi connectivity index (χ2v) is 9.01. The largest absolute Gasteiger partial charge is 0.360 e. The van der Waals surface area contributed by atoms with E-state index in [1.807, 2.05) is 39.0 Å². The third kappa shape index (κ3) is 7.60. The summed E-state index contributed by atoms with van der Waals surface area (Å²) >= 11 is 8.50. The molecule has 1 aromatic heterocycles. The quantitative estimate of drug-likeness (QED) is 0.340. The first-order valence-electron chi connectivity index (χ1n) is 10.1. The number of hydrogen-bond acceptors (Lipinski definition) is 5. The molecule has 0 radical (unpaired) electrons. The Bertz CT molecular complexity index is 908. The average molecular weight is 552 g/mol. The summed E-state index contributed by atoms with van der Waals surface area (Å²) in [6.45, 7) is 8.10. The van der Waals surface area contributed by atoms with Crippen molar-refractivity contribution in [2.75, 3.05) is 10.0 Å². The molecule has 30 heavy (non-hydrogen) atoms. The molecule has 1 aliphatic rings. The number of nitrogens with one attached hydrogen (secondary N) is 2. The standard InChI is InChI=1S/C21H22Br2N4S.C2H6/c1-3-4-5-19-14(2)24-21(27-28-18-12-8-16(23)9-13-18)20(26-19)25-17-10-6-15(22)7-11-17;1-2/h4-10,12-13,17H,3,11H2,1-2H3,(H,24,27)(H,25,26);1-2H3/b5-4-;. The Kier molecular flexibility index (Phi) is 10.7. The zero-order valence-electron chi connectivity index (χ0n) is 17.7. The summed E-state index contributed by atoms with van der Waals surface area (Å²) in [5.41, 5.74) is 1.79. The summed E-state index contributed by atoms with van der Waals surface area (Å²) in [6, 6.07) is 8.34. The third-order valence-corrected chi connectivity index (χ3v) is 5.99. The van der Waals surface area contributed by atoms with E-state index in [0.29, 0.717) is 0 Å². The highest BCUT2D eigenvalue weighted by Gasteiger charge is 2.15. The van der Waals surface area contributed by atoms with Crippen LogP contribution in [0.4, 0.5) is 11.6 Å². The van der Waals surface area contributed by atoms with Crippen LogP contribution in [0.25, 0.3) is 6.08 Å². The summed E-state index contributed by atoms with van der Waals surface area (Å²) in [5.74, 6) is 1.49. The highest BCUT2D eigenvalue weighted by molar-refractivity contribution is 9.12. The third-order valence-electron chi connectivity index (χ3n) is 4.07. The highest BCUT2D eigenvalue weighted by Crippen LogP contribution is 2.28. The zero-order chi connectivity index (χ0) is 21.9. The van der Waals surface area contributed by atoms with Gasteiger partial charge in [-0.2, -0.15) is 0 Å². The van der Waals surface area contributed by atoms with Crippen LogP contribution in [-0.2, 0) is 0 Å². The van der Waals surface area contributed by atoms with E-state index in [1.165, 1.54) is 11.9 Å². The number of anilines is 2. The normalized spacial score (nSPS) is 15.4. The fourth-order valence-corrected chi connectivity index (χ4v) is 3.81. The van der Waals surface area contributed by atoms with Crippen molar-refractivity contribution in [3.05, 3.63) is 68.9 Å². The maximum Gasteiger partial charge on any atom is 0.179 e. The Hall–Kier alpha value is -1.57. The summed E-state index contributed by atoms with van der Waals surface area (Å²) in [5, 5.41) is 3.52. The summed E-state index contributed by atoms with van der Waals surface area (Å²) < 4.78 is 5.53. The van der Waals surface area contributed by atoms with Crippen molar-refractivity contribution in [2.45, 2.75) is 51.5 Å². The molecule has 160 valence electrons. The van der Waals surface area contributed by atoms with Crippen LogP contribution in [0.3, 0.4) is 0 Å². The van der Waals surface area contributed by atoms with Crippen molar-refractivity contribution < 1.29 is 0 Å². The van der Waals surface area contributed by atoms with Gasteiger partial charge < -0.3 is 10.0 Å². The van der Waals surface area contributed by atoms with Gasteiger partial charge in [-0.15, -0.1) is 0 Å². The molecule has 0 saturated heterocycles. The van der Waals surface area contributed by atoms with E-state index in [-0.39, 0.29) is 6.04 Å². The molecule has 1 unspecified atom stereocenters. The molecule has 1 atom stereocenters. The zero-order valence-corrected chi connectivity index (χ0v) is 21.7. The number of halogens is 2. The number of hydrogen-bond donors (Lipinski definition) is 2. The summed E-state index contributed by atoms with van der Waals surface area (Å²) in [4.78, 5) is 10.7. The molecule has 3 rings (SSSR count). The SMILES string of the molecule is CC.CC/C=C\c1nc(NC2C=CC(Br)=CC2)c(NSc2ccc(Br)cc2)nc1C. The maximum atomic E-state index is 4.84. The lowest BCUT2D eigenvalue weighted by molar-refractivity contribution is 0.869. The Morgan fingerprint density at radius 2 is 1.87 bits per heavy atom. The molecule has 0 saturated carbocycles. The molecule has 0 fully saturated rings. The van der Waals surface area contributed by atoms with Crippen LogP contribution in [0.5, 0.6) is 0 Å². The number of nitrogens with zero attached hydrogens (tertiary/aromatic N) is 2. The van der Waals surface area contributed by atoms with Gasteiger partial charge in [-0.05, 0) is 62.1 Å². The van der Waals surface area contributed by atoms with Crippen LogP contribution in [0.2, 0.25) is 0 Å². The van der Waals surface area contributed by atoms with Crippen LogP contribution >= 0.6 is 43.8 Å². The van der Waals surface area contributed by atoms with Crippen molar-refractivity contribution in [3.63, 3.8) is 0 Å². The summed E-state index contributed by atoms with van der Waals surface area (Å²) in [7, 11) is 0. The van der Waals surface area contributed by atoms with E-state index in [4.69, 9.17) is 9.97 Å². The van der Waals surface area contributed by atoms with Crippen LogP contribution in [0.1, 0.15) is 45.0 Å². The second-order valence-electron chi connectivity index (χ2n) is 6.29. The molecular formula is C23H28Br2N4S. The van der Waals surface area contributed by atoms with Crippen molar-refractivity contribution in [3.8, 4) is 0 Å². The van der Waals surface area contributed by atoms with Gasteiger partial charge in [0.1, 0.15) is 0 Å². The van der Waals surface area contributed by atoms with Gasteiger partial charge in [0.2, 0.25) is 0 Å². The van der Waals surface area contributed by atoms with Crippen LogP contribution < -0.4 is 10.0 Å². The first-order chi connectivity index (χ1) is 14.5. The van der Waals surface area contributed by atoms with Gasteiger partial charge >= 0.3 is 0 Å². The first kappa shape index (κ1) is 24.7. The topological polar surface area (TPSA) is 49.8 Å². The van der Waals surface area contributed by atoms with Crippen molar-refractivity contribution in [1.29, 1.82) is 0 Å². The van der Waals surface area contributed by atoms with E-state index < -0.39 is 0 Å². The Balaban J connectivity index is 0.00000155. The van der Waals surface area contributed by atoms with Gasteiger partial charge in [0.05, 0.1) is 11.4 Å². The van der Waals surface area contributed by atoms with E-state index in [1.54, 1.807) is 0 Å². The Morgan fingerprint density at radius 3 is 2.50 bits per heavy atom. The van der Waals surface area contributed by atoms with Gasteiger partial charge in [0.15, 0.2) is 11.6 Å². The minimum Gasteiger partial charge on any atom is -0.360 e. The van der Waals surface area contributed by atoms with E-state index >= 15 is 0 Å². The fourth-order valence-electron chi connectivity index (χ4n) is 2.58. The van der Waals surface area contributed by atoms with Crippen LogP contribution in [0, 0.1) is 6.92 Å². The molecule has 1 heterocycles. The second kappa shape index (κ2) is 13.0. The number of rotatable bonds is 7. The molecule has 2 aromatic rings. The lowest BCUT2D eigenvalue weighted by atomic mass is 10.1. The van der Waals surface area contributed by atoms with E-state index in [0.717, 1.165) is 49.7 Å². The molecule has 0 bridgehead atoms. The predicted molar refractivity (Wildman–Crippen MR) is 139 cm³/mol. The number of benzene rings is 1. The maximum absolute atomic E-state index is 4.84. The molecule has 1 aromatic carbocycles. The fraction of sp³-hybridized carbons (Fsp3) is 0.304. The molecular weight excluding hydrogens is 524 g/mol. The Morgan fingerprint density at radius 1 is 1.13 bits per heavy atom. The van der Waals surface area contributed by atoms with Gasteiger partial charge in [-0.3, -0.25) is 0 Å². The van der Waals surface area contributed by atoms with Crippen LogP contribution in [-0.4, -0.2) is 16.0 Å². The molecule has 4 nitrogen and oxygen atoms in total. The van der Waals surface area contributed by atoms with Gasteiger partial charge in [-0.1, -0.05) is 76.9 Å². The smallest absolute Gasteiger partial charge is 0.179 e. The highest BCUT2D eigenvalue weighted by atomic mass is 79.9. The monoisotopic (exact) mass is 550 g/mol.